The summed E-state index contributed by atoms with van der Waals surface area (Å²) in [7, 11) is 0. The van der Waals surface area contributed by atoms with Gasteiger partial charge < -0.3 is 11.1 Å². The van der Waals surface area contributed by atoms with Crippen LogP contribution in [0.25, 0.3) is 22.4 Å². The van der Waals surface area contributed by atoms with Crippen LogP contribution >= 0.6 is 0 Å². The lowest BCUT2D eigenvalue weighted by molar-refractivity contribution is -0.137. The second kappa shape index (κ2) is 9.83. The summed E-state index contributed by atoms with van der Waals surface area (Å²) < 4.78 is 39.8. The number of anilines is 1. The molecule has 2 aromatic carbocycles. The molecule has 0 amide bonds. The minimum absolute atomic E-state index is 0.123. The van der Waals surface area contributed by atoms with Crippen LogP contribution in [-0.2, 0) is 12.6 Å². The number of aromatic nitrogens is 2. The van der Waals surface area contributed by atoms with Crippen molar-refractivity contribution in [1.29, 1.82) is 0 Å². The van der Waals surface area contributed by atoms with Crippen molar-refractivity contribution < 1.29 is 13.2 Å². The number of rotatable bonds is 7. The van der Waals surface area contributed by atoms with Crippen LogP contribution in [0.2, 0.25) is 0 Å². The zero-order valence-corrected chi connectivity index (χ0v) is 17.8. The predicted molar refractivity (Wildman–Crippen MR) is 125 cm³/mol. The molecule has 0 radical (unpaired) electrons. The van der Waals surface area contributed by atoms with Crippen LogP contribution in [-0.4, -0.2) is 22.6 Å². The van der Waals surface area contributed by atoms with Gasteiger partial charge in [0.1, 0.15) is 5.82 Å². The fraction of sp³-hybridized carbons (Fsp3) is 0.154. The molecule has 7 heteroatoms. The highest BCUT2D eigenvalue weighted by Crippen LogP contribution is 2.36. The van der Waals surface area contributed by atoms with Crippen LogP contribution in [0.4, 0.5) is 19.0 Å². The van der Waals surface area contributed by atoms with E-state index in [0.29, 0.717) is 35.6 Å². The number of benzene rings is 2. The fourth-order valence-electron chi connectivity index (χ4n) is 3.61. The Kier molecular flexibility index (Phi) is 6.70. The average Bonchev–Trinajstić information content (AvgIpc) is 2.83. The van der Waals surface area contributed by atoms with E-state index in [1.54, 1.807) is 42.7 Å². The minimum atomic E-state index is -4.42. The molecule has 2 aromatic heterocycles. The Morgan fingerprint density at radius 2 is 1.61 bits per heavy atom. The Bertz CT molecular complexity index is 1200. The SMILES string of the molecule is N[C@@H](CNc1ccc(-c2cccc(C(F)(F)F)c2)c(-c2ccncc2)n1)Cc1ccccc1. The van der Waals surface area contributed by atoms with Crippen LogP contribution in [0.3, 0.4) is 0 Å². The Hall–Kier alpha value is -3.71. The standard InChI is InChI=1S/C26H23F3N4/c27-26(28,29)21-8-4-7-20(16-21)23-9-10-24(33-25(23)19-11-13-31-14-12-19)32-17-22(30)15-18-5-2-1-3-6-18/h1-14,16,22H,15,17,30H2,(H,32,33)/t22-/m1/s1. The summed E-state index contributed by atoms with van der Waals surface area (Å²) in [5.41, 5.74) is 9.10. The zero-order chi connectivity index (χ0) is 23.3. The van der Waals surface area contributed by atoms with Gasteiger partial charge >= 0.3 is 6.18 Å². The van der Waals surface area contributed by atoms with Crippen molar-refractivity contribution in [3.63, 3.8) is 0 Å². The predicted octanol–water partition coefficient (Wildman–Crippen LogP) is 5.81. The molecule has 168 valence electrons. The van der Waals surface area contributed by atoms with Crippen molar-refractivity contribution in [2.45, 2.75) is 18.6 Å². The van der Waals surface area contributed by atoms with Crippen molar-refractivity contribution in [2.75, 3.05) is 11.9 Å². The monoisotopic (exact) mass is 448 g/mol. The maximum Gasteiger partial charge on any atom is 0.416 e. The number of nitrogens with one attached hydrogen (secondary N) is 1. The Morgan fingerprint density at radius 3 is 2.33 bits per heavy atom. The Balaban J connectivity index is 1.61. The van der Waals surface area contributed by atoms with Crippen LogP contribution < -0.4 is 11.1 Å². The summed E-state index contributed by atoms with van der Waals surface area (Å²) in [6, 6.07) is 22.2. The van der Waals surface area contributed by atoms with E-state index in [-0.39, 0.29) is 6.04 Å². The number of nitrogens with two attached hydrogens (primary N) is 1. The highest BCUT2D eigenvalue weighted by molar-refractivity contribution is 5.82. The van der Waals surface area contributed by atoms with Gasteiger partial charge in [-0.2, -0.15) is 13.2 Å². The van der Waals surface area contributed by atoms with Gasteiger partial charge in [-0.25, -0.2) is 4.98 Å². The van der Waals surface area contributed by atoms with Crippen molar-refractivity contribution in [1.82, 2.24) is 9.97 Å². The number of hydrogen-bond donors (Lipinski definition) is 2. The highest BCUT2D eigenvalue weighted by Gasteiger charge is 2.30. The first kappa shape index (κ1) is 22.5. The molecule has 1 atom stereocenters. The summed E-state index contributed by atoms with van der Waals surface area (Å²) in [5, 5.41) is 3.26. The third-order valence-electron chi connectivity index (χ3n) is 5.24. The van der Waals surface area contributed by atoms with Crippen LogP contribution in [0, 0.1) is 0 Å². The van der Waals surface area contributed by atoms with E-state index in [4.69, 9.17) is 10.7 Å². The van der Waals surface area contributed by atoms with E-state index in [9.17, 15) is 13.2 Å². The molecular weight excluding hydrogens is 425 g/mol. The van der Waals surface area contributed by atoms with E-state index in [0.717, 1.165) is 23.3 Å². The van der Waals surface area contributed by atoms with Crippen LogP contribution in [0.5, 0.6) is 0 Å². The van der Waals surface area contributed by atoms with Gasteiger partial charge in [-0.15, -0.1) is 0 Å². The van der Waals surface area contributed by atoms with Gasteiger partial charge in [0.15, 0.2) is 0 Å². The van der Waals surface area contributed by atoms with Gasteiger partial charge in [0.2, 0.25) is 0 Å². The van der Waals surface area contributed by atoms with Crippen LogP contribution in [0.15, 0.2) is 91.3 Å². The maximum atomic E-state index is 13.3. The summed E-state index contributed by atoms with van der Waals surface area (Å²) in [4.78, 5) is 8.75. The lowest BCUT2D eigenvalue weighted by Gasteiger charge is -2.16. The average molecular weight is 448 g/mol. The van der Waals surface area contributed by atoms with Crippen molar-refractivity contribution in [2.24, 2.45) is 5.73 Å². The molecule has 3 N–H and O–H groups in total. The number of alkyl halides is 3. The van der Waals surface area contributed by atoms with E-state index in [1.807, 2.05) is 30.3 Å². The highest BCUT2D eigenvalue weighted by atomic mass is 19.4. The van der Waals surface area contributed by atoms with E-state index < -0.39 is 11.7 Å². The molecular formula is C26H23F3N4. The Morgan fingerprint density at radius 1 is 0.848 bits per heavy atom. The molecule has 4 rings (SSSR count). The summed E-state index contributed by atoms with van der Waals surface area (Å²) in [6.45, 7) is 0.501. The molecule has 0 aliphatic rings. The molecule has 4 nitrogen and oxygen atoms in total. The van der Waals surface area contributed by atoms with Gasteiger partial charge in [0.05, 0.1) is 11.3 Å². The summed E-state index contributed by atoms with van der Waals surface area (Å²) >= 11 is 0. The number of nitrogens with zero attached hydrogens (tertiary/aromatic N) is 2. The smallest absolute Gasteiger partial charge is 0.368 e. The van der Waals surface area contributed by atoms with E-state index in [1.165, 1.54) is 6.07 Å². The molecule has 4 aromatic rings. The molecule has 2 heterocycles. The van der Waals surface area contributed by atoms with Gasteiger partial charge in [-0.05, 0) is 53.9 Å². The van der Waals surface area contributed by atoms with Crippen molar-refractivity contribution >= 4 is 5.82 Å². The van der Waals surface area contributed by atoms with Crippen molar-refractivity contribution in [3.8, 4) is 22.4 Å². The summed E-state index contributed by atoms with van der Waals surface area (Å²) in [6.07, 6.45) is -0.449. The van der Waals surface area contributed by atoms with Gasteiger partial charge in [-0.1, -0.05) is 42.5 Å². The number of hydrogen-bond acceptors (Lipinski definition) is 4. The molecule has 0 bridgehead atoms. The first-order valence-electron chi connectivity index (χ1n) is 10.5. The topological polar surface area (TPSA) is 63.8 Å². The Labute approximate surface area is 190 Å². The van der Waals surface area contributed by atoms with E-state index in [2.05, 4.69) is 10.3 Å². The minimum Gasteiger partial charge on any atom is -0.368 e. The second-order valence-corrected chi connectivity index (χ2v) is 7.74. The molecule has 0 unspecified atom stereocenters. The lowest BCUT2D eigenvalue weighted by Crippen LogP contribution is -2.31. The molecule has 0 saturated heterocycles. The molecule has 0 fully saturated rings. The van der Waals surface area contributed by atoms with Crippen molar-refractivity contribution in [3.05, 3.63) is 102 Å². The second-order valence-electron chi connectivity index (χ2n) is 7.74. The zero-order valence-electron chi connectivity index (χ0n) is 17.8. The lowest BCUT2D eigenvalue weighted by atomic mass is 9.98. The molecule has 0 aliphatic carbocycles. The van der Waals surface area contributed by atoms with E-state index >= 15 is 0 Å². The molecule has 0 spiro atoms. The van der Waals surface area contributed by atoms with Gasteiger partial charge in [0, 0.05) is 36.1 Å². The van der Waals surface area contributed by atoms with Gasteiger partial charge in [-0.3, -0.25) is 4.98 Å². The molecule has 0 aliphatic heterocycles. The molecule has 0 saturated carbocycles. The number of pyridine rings is 2. The molecule has 33 heavy (non-hydrogen) atoms. The normalized spacial score (nSPS) is 12.4. The van der Waals surface area contributed by atoms with Crippen LogP contribution in [0.1, 0.15) is 11.1 Å². The third kappa shape index (κ3) is 5.75. The third-order valence-corrected chi connectivity index (χ3v) is 5.24. The quantitative estimate of drug-likeness (QED) is 0.374. The fourth-order valence-corrected chi connectivity index (χ4v) is 3.61. The maximum absolute atomic E-state index is 13.3. The number of halogens is 3. The first-order valence-corrected chi connectivity index (χ1v) is 10.5. The summed E-state index contributed by atoms with van der Waals surface area (Å²) in [5.74, 6) is 0.598. The van der Waals surface area contributed by atoms with Gasteiger partial charge in [0.25, 0.3) is 0 Å². The first-order chi connectivity index (χ1) is 15.9. The largest absolute Gasteiger partial charge is 0.416 e.